The van der Waals surface area contributed by atoms with E-state index in [0.717, 1.165) is 18.4 Å². The second-order valence-corrected chi connectivity index (χ2v) is 9.83. The summed E-state index contributed by atoms with van der Waals surface area (Å²) in [5.74, 6) is 0.125. The van der Waals surface area contributed by atoms with Crippen LogP contribution in [0, 0.1) is 23.7 Å². The minimum absolute atomic E-state index is 0.0361. The zero-order chi connectivity index (χ0) is 18.6. The number of carbonyl (C=O) groups excluding carboxylic acids is 1. The summed E-state index contributed by atoms with van der Waals surface area (Å²) in [6, 6.07) is 5.03. The molecule has 4 atom stereocenters. The lowest BCUT2D eigenvalue weighted by molar-refractivity contribution is 0.00193. The van der Waals surface area contributed by atoms with Gasteiger partial charge in [-0.2, -0.15) is 0 Å². The van der Waals surface area contributed by atoms with Gasteiger partial charge in [0.15, 0.2) is 0 Å². The van der Waals surface area contributed by atoms with E-state index < -0.39 is 28.2 Å². The number of hydrogen-bond donors (Lipinski definition) is 3. The van der Waals surface area contributed by atoms with E-state index in [1.165, 1.54) is 12.1 Å². The maximum atomic E-state index is 12.3. The molecule has 2 saturated carbocycles. The Labute approximate surface area is 149 Å². The van der Waals surface area contributed by atoms with Crippen molar-refractivity contribution in [3.8, 4) is 0 Å². The molecule has 3 rings (SSSR count). The molecule has 0 aromatic heterocycles. The van der Waals surface area contributed by atoms with Crippen molar-refractivity contribution in [3.05, 3.63) is 29.8 Å². The van der Waals surface area contributed by atoms with Crippen LogP contribution in [0.4, 0.5) is 4.79 Å². The van der Waals surface area contributed by atoms with Gasteiger partial charge < -0.3 is 10.4 Å². The fourth-order valence-corrected chi connectivity index (χ4v) is 5.51. The molecule has 0 saturated heterocycles. The molecule has 2 unspecified atom stereocenters. The lowest BCUT2D eigenvalue weighted by atomic mass is 9.70. The van der Waals surface area contributed by atoms with Crippen LogP contribution in [0.1, 0.15) is 39.2 Å². The number of carbonyl (C=O) groups is 1. The van der Waals surface area contributed by atoms with E-state index in [1.54, 1.807) is 12.1 Å². The number of rotatable bonds is 3. The second kappa shape index (κ2) is 5.71. The van der Waals surface area contributed by atoms with Crippen LogP contribution in [0.2, 0.25) is 0 Å². The molecule has 2 bridgehead atoms. The van der Waals surface area contributed by atoms with E-state index in [2.05, 4.69) is 19.2 Å². The van der Waals surface area contributed by atoms with Gasteiger partial charge in [-0.1, -0.05) is 38.5 Å². The lowest BCUT2D eigenvalue weighted by Gasteiger charge is -2.37. The number of amides is 2. The molecule has 2 fully saturated rings. The number of benzene rings is 1. The quantitative estimate of drug-likeness (QED) is 0.764. The summed E-state index contributed by atoms with van der Waals surface area (Å²) in [6.45, 7) is 8.11. The van der Waals surface area contributed by atoms with Gasteiger partial charge in [0.05, 0.1) is 17.0 Å². The lowest BCUT2D eigenvalue weighted by Crippen LogP contribution is -2.52. The van der Waals surface area contributed by atoms with E-state index in [-0.39, 0.29) is 21.6 Å². The van der Waals surface area contributed by atoms with Crippen molar-refractivity contribution in [1.29, 1.82) is 0 Å². The molecule has 138 valence electrons. The van der Waals surface area contributed by atoms with Gasteiger partial charge in [-0.25, -0.2) is 17.9 Å². The first-order valence-corrected chi connectivity index (χ1v) is 10.1. The number of aryl methyl sites for hydroxylation is 1. The molecular weight excluding hydrogens is 340 g/mol. The number of fused-ring (bicyclic) bond motifs is 2. The smallest absolute Gasteiger partial charge is 0.329 e. The molecule has 2 aliphatic rings. The standard InChI is InChI=1S/C18H26N2O4S/c1-11-5-7-12(8-6-11)25(23,24)20-16(22)19-14-13-9-10-18(4,15(14)21)17(13,2)3/h5-8,13-15,21H,9-10H2,1-4H3,(H2,19,20,22)/t13?,14-,15-,18?/m0/s1. The van der Waals surface area contributed by atoms with Crippen LogP contribution in [-0.2, 0) is 10.0 Å². The molecule has 1 aromatic rings. The van der Waals surface area contributed by atoms with Crippen molar-refractivity contribution in [2.24, 2.45) is 16.7 Å². The van der Waals surface area contributed by atoms with E-state index in [0.29, 0.717) is 0 Å². The first-order valence-electron chi connectivity index (χ1n) is 8.57. The maximum absolute atomic E-state index is 12.3. The van der Waals surface area contributed by atoms with Gasteiger partial charge in [0.25, 0.3) is 10.0 Å². The number of sulfonamides is 1. The highest BCUT2D eigenvalue weighted by atomic mass is 32.2. The zero-order valence-electron chi connectivity index (χ0n) is 15.0. The van der Waals surface area contributed by atoms with Crippen molar-refractivity contribution in [3.63, 3.8) is 0 Å². The minimum atomic E-state index is -3.94. The molecule has 2 amide bonds. The highest BCUT2D eigenvalue weighted by Gasteiger charge is 2.66. The summed E-state index contributed by atoms with van der Waals surface area (Å²) in [6.07, 6.45) is 1.14. The predicted octanol–water partition coefficient (Wildman–Crippen LogP) is 2.17. The van der Waals surface area contributed by atoms with Crippen molar-refractivity contribution in [1.82, 2.24) is 10.0 Å². The summed E-state index contributed by atoms with van der Waals surface area (Å²) >= 11 is 0. The number of nitrogens with one attached hydrogen (secondary N) is 2. The zero-order valence-corrected chi connectivity index (χ0v) is 15.9. The highest BCUT2D eigenvalue weighted by molar-refractivity contribution is 7.90. The maximum Gasteiger partial charge on any atom is 0.329 e. The van der Waals surface area contributed by atoms with Gasteiger partial charge in [-0.3, -0.25) is 0 Å². The SMILES string of the molecule is Cc1ccc(S(=O)(=O)NC(=O)N[C@H]2C3CCC(C)([C@H]2O)C3(C)C)cc1. The fraction of sp³-hybridized carbons (Fsp3) is 0.611. The Morgan fingerprint density at radius 3 is 2.32 bits per heavy atom. The average Bonchev–Trinajstić information content (AvgIpc) is 2.81. The van der Waals surface area contributed by atoms with Crippen LogP contribution in [0.15, 0.2) is 29.2 Å². The van der Waals surface area contributed by atoms with Gasteiger partial charge >= 0.3 is 6.03 Å². The molecule has 1 aromatic carbocycles. The van der Waals surface area contributed by atoms with Crippen molar-refractivity contribution < 1.29 is 18.3 Å². The van der Waals surface area contributed by atoms with Crippen LogP contribution in [0.25, 0.3) is 0 Å². The summed E-state index contributed by atoms with van der Waals surface area (Å²) in [5, 5.41) is 13.4. The monoisotopic (exact) mass is 366 g/mol. The van der Waals surface area contributed by atoms with Gasteiger partial charge in [0, 0.05) is 5.41 Å². The van der Waals surface area contributed by atoms with E-state index in [1.807, 2.05) is 18.6 Å². The third kappa shape index (κ3) is 2.73. The average molecular weight is 366 g/mol. The molecular formula is C18H26N2O4S. The first kappa shape index (κ1) is 18.2. The van der Waals surface area contributed by atoms with Gasteiger partial charge in [-0.05, 0) is 43.2 Å². The summed E-state index contributed by atoms with van der Waals surface area (Å²) in [7, 11) is -3.94. The third-order valence-electron chi connectivity index (χ3n) is 6.66. The van der Waals surface area contributed by atoms with Crippen molar-refractivity contribution in [2.75, 3.05) is 0 Å². The molecule has 7 heteroatoms. The molecule has 0 heterocycles. The van der Waals surface area contributed by atoms with Gasteiger partial charge in [-0.15, -0.1) is 0 Å². The van der Waals surface area contributed by atoms with Crippen LogP contribution < -0.4 is 10.0 Å². The van der Waals surface area contributed by atoms with E-state index in [9.17, 15) is 18.3 Å². The Kier molecular flexibility index (Phi) is 4.15. The Morgan fingerprint density at radius 1 is 1.20 bits per heavy atom. The van der Waals surface area contributed by atoms with E-state index in [4.69, 9.17) is 0 Å². The first-order chi connectivity index (χ1) is 11.5. The van der Waals surface area contributed by atoms with Gasteiger partial charge in [0.1, 0.15) is 0 Å². The van der Waals surface area contributed by atoms with Crippen LogP contribution in [-0.4, -0.2) is 31.7 Å². The molecule has 25 heavy (non-hydrogen) atoms. The number of urea groups is 1. The number of aliphatic hydroxyl groups excluding tert-OH is 1. The van der Waals surface area contributed by atoms with E-state index >= 15 is 0 Å². The van der Waals surface area contributed by atoms with Crippen LogP contribution >= 0.6 is 0 Å². The normalized spacial score (nSPS) is 33.2. The summed E-state index contributed by atoms with van der Waals surface area (Å²) in [4.78, 5) is 12.3. The number of hydrogen-bond acceptors (Lipinski definition) is 4. The largest absolute Gasteiger partial charge is 0.390 e. The minimum Gasteiger partial charge on any atom is -0.390 e. The number of aliphatic hydroxyl groups is 1. The van der Waals surface area contributed by atoms with Crippen LogP contribution in [0.5, 0.6) is 0 Å². The molecule has 0 aliphatic heterocycles. The Bertz CT molecular complexity index is 788. The Hall–Kier alpha value is -1.60. The second-order valence-electron chi connectivity index (χ2n) is 8.15. The Balaban J connectivity index is 1.72. The molecule has 0 spiro atoms. The summed E-state index contributed by atoms with van der Waals surface area (Å²) in [5.41, 5.74) is 0.551. The predicted molar refractivity (Wildman–Crippen MR) is 94.4 cm³/mol. The molecule has 2 aliphatic carbocycles. The molecule has 0 radical (unpaired) electrons. The molecule has 6 nitrogen and oxygen atoms in total. The Morgan fingerprint density at radius 2 is 1.80 bits per heavy atom. The fourth-order valence-electron chi connectivity index (χ4n) is 4.59. The molecule has 3 N–H and O–H groups in total. The van der Waals surface area contributed by atoms with Gasteiger partial charge in [0.2, 0.25) is 0 Å². The van der Waals surface area contributed by atoms with Crippen molar-refractivity contribution in [2.45, 2.75) is 57.6 Å². The topological polar surface area (TPSA) is 95.5 Å². The highest BCUT2D eigenvalue weighted by Crippen LogP contribution is 2.65. The summed E-state index contributed by atoms with van der Waals surface area (Å²) < 4.78 is 26.7. The van der Waals surface area contributed by atoms with Crippen LogP contribution in [0.3, 0.4) is 0 Å². The third-order valence-corrected chi connectivity index (χ3v) is 8.00. The van der Waals surface area contributed by atoms with Crippen molar-refractivity contribution >= 4 is 16.1 Å².